The molecular weight excluding hydrogens is 595 g/mol. The fourth-order valence-electron chi connectivity index (χ4n) is 4.34. The lowest BCUT2D eigenvalue weighted by atomic mass is 9.99. The Morgan fingerprint density at radius 3 is 2.55 bits per heavy atom. The van der Waals surface area contributed by atoms with Crippen LogP contribution in [0.15, 0.2) is 72.1 Å². The molecule has 10 nitrogen and oxygen atoms in total. The maximum absolute atomic E-state index is 12.8. The maximum Gasteiger partial charge on any atom is 0.573 e. The maximum atomic E-state index is 12.8. The van der Waals surface area contributed by atoms with Gasteiger partial charge in [-0.2, -0.15) is 0 Å². The van der Waals surface area contributed by atoms with Crippen LogP contribution in [0.2, 0.25) is 0 Å². The van der Waals surface area contributed by atoms with Crippen LogP contribution in [0.5, 0.6) is 5.75 Å². The van der Waals surface area contributed by atoms with Gasteiger partial charge in [-0.25, -0.2) is 19.6 Å². The van der Waals surface area contributed by atoms with Gasteiger partial charge in [-0.1, -0.05) is 37.7 Å². The van der Waals surface area contributed by atoms with Gasteiger partial charge >= 0.3 is 6.36 Å². The van der Waals surface area contributed by atoms with Gasteiger partial charge in [-0.3, -0.25) is 9.69 Å². The summed E-state index contributed by atoms with van der Waals surface area (Å²) in [6.45, 7) is 6.09. The van der Waals surface area contributed by atoms with Gasteiger partial charge in [0.15, 0.2) is 11.0 Å². The number of carbonyl (C=O) groups excluding carboxylic acids is 1. The van der Waals surface area contributed by atoms with E-state index in [1.807, 2.05) is 25.1 Å². The highest BCUT2D eigenvalue weighted by Gasteiger charge is 2.33. The Labute approximate surface area is 255 Å². The molecule has 2 aromatic heterocycles. The Morgan fingerprint density at radius 1 is 1.09 bits per heavy atom. The standard InChI is InChI=1S/C30H28F3N7O3S/c1-18(2)23-11-4-19(3)14-24(23)40-27(41)16-44-29(40)37-28(42)36-25-12-5-20(15-34-25)6-13-26-35-17-39(38-26)21-7-9-22(10-8-21)43-30(31,32)33/h4-15,17-18,28,42H,16H2,1-3H3,(H,34,36)/b13-6+,37-29?. The van der Waals surface area contributed by atoms with Crippen LogP contribution in [0, 0.1) is 6.92 Å². The summed E-state index contributed by atoms with van der Waals surface area (Å²) in [6, 6.07) is 14.7. The minimum absolute atomic E-state index is 0.101. The second-order valence-corrected chi connectivity index (χ2v) is 11.0. The van der Waals surface area contributed by atoms with Gasteiger partial charge in [0, 0.05) is 6.20 Å². The number of thioether (sulfide) groups is 1. The normalized spacial score (nSPS) is 15.5. The predicted octanol–water partition coefficient (Wildman–Crippen LogP) is 5.99. The molecule has 1 amide bonds. The number of aromatic nitrogens is 4. The molecule has 1 fully saturated rings. The van der Waals surface area contributed by atoms with E-state index in [1.54, 1.807) is 35.4 Å². The van der Waals surface area contributed by atoms with Crippen molar-refractivity contribution in [2.75, 3.05) is 16.0 Å². The number of aliphatic hydroxyl groups is 1. The number of ether oxygens (including phenoxy) is 1. The zero-order valence-electron chi connectivity index (χ0n) is 23.9. The van der Waals surface area contributed by atoms with Crippen LogP contribution < -0.4 is 15.0 Å². The summed E-state index contributed by atoms with van der Waals surface area (Å²) in [5.74, 6) is 0.737. The Morgan fingerprint density at radius 2 is 1.86 bits per heavy atom. The van der Waals surface area contributed by atoms with Gasteiger partial charge in [-0.05, 0) is 84.1 Å². The number of halogens is 3. The number of aliphatic imine (C=N–C) groups is 1. The Kier molecular flexibility index (Phi) is 9.01. The lowest BCUT2D eigenvalue weighted by molar-refractivity contribution is -0.274. The number of aryl methyl sites for hydroxylation is 1. The quantitative estimate of drug-likeness (QED) is 0.219. The van der Waals surface area contributed by atoms with Crippen LogP contribution in [0.4, 0.5) is 24.7 Å². The van der Waals surface area contributed by atoms with Gasteiger partial charge in [0.25, 0.3) is 0 Å². The summed E-state index contributed by atoms with van der Waals surface area (Å²) in [5, 5.41) is 18.2. The van der Waals surface area contributed by atoms with E-state index in [1.165, 1.54) is 47.0 Å². The van der Waals surface area contributed by atoms with Gasteiger partial charge < -0.3 is 15.2 Å². The van der Waals surface area contributed by atoms with Crippen molar-refractivity contribution in [3.8, 4) is 11.4 Å². The molecule has 3 heterocycles. The molecule has 1 aliphatic rings. The number of hydrogen-bond acceptors (Lipinski definition) is 9. The lowest BCUT2D eigenvalue weighted by Gasteiger charge is -2.23. The average Bonchev–Trinajstić information content (AvgIpc) is 3.58. The lowest BCUT2D eigenvalue weighted by Crippen LogP contribution is -2.32. The molecule has 0 radical (unpaired) electrons. The number of pyridine rings is 1. The summed E-state index contributed by atoms with van der Waals surface area (Å²) in [4.78, 5) is 27.2. The van der Waals surface area contributed by atoms with Gasteiger partial charge in [0.2, 0.25) is 12.3 Å². The van der Waals surface area contributed by atoms with Gasteiger partial charge in [0.1, 0.15) is 17.9 Å². The van der Waals surface area contributed by atoms with Crippen LogP contribution in [-0.2, 0) is 4.79 Å². The third-order valence-electron chi connectivity index (χ3n) is 6.38. The first-order valence-electron chi connectivity index (χ1n) is 13.5. The molecule has 1 unspecified atom stereocenters. The topological polar surface area (TPSA) is 118 Å². The monoisotopic (exact) mass is 623 g/mol. The number of amides is 1. The van der Waals surface area contributed by atoms with Gasteiger partial charge in [0.05, 0.1) is 17.1 Å². The van der Waals surface area contributed by atoms with Crippen LogP contribution in [0.1, 0.15) is 42.3 Å². The highest BCUT2D eigenvalue weighted by atomic mass is 32.2. The van der Waals surface area contributed by atoms with E-state index in [0.717, 1.165) is 22.4 Å². The summed E-state index contributed by atoms with van der Waals surface area (Å²) < 4.78 is 42.4. The molecule has 0 spiro atoms. The van der Waals surface area contributed by atoms with Crippen molar-refractivity contribution in [1.29, 1.82) is 0 Å². The first kappa shape index (κ1) is 30.8. The fourth-order valence-corrected chi connectivity index (χ4v) is 5.22. The average molecular weight is 624 g/mol. The number of alkyl halides is 3. The molecule has 2 N–H and O–H groups in total. The fraction of sp³-hybridized carbons (Fsp3) is 0.233. The molecule has 1 aliphatic heterocycles. The summed E-state index contributed by atoms with van der Waals surface area (Å²) in [6.07, 6.45) is 0.309. The number of hydrogen-bond donors (Lipinski definition) is 2. The van der Waals surface area contributed by atoms with E-state index in [0.29, 0.717) is 22.5 Å². The molecule has 44 heavy (non-hydrogen) atoms. The summed E-state index contributed by atoms with van der Waals surface area (Å²) in [7, 11) is 0. The molecule has 2 aromatic carbocycles. The van der Waals surface area contributed by atoms with E-state index >= 15 is 0 Å². The second kappa shape index (κ2) is 12.9. The van der Waals surface area contributed by atoms with Crippen LogP contribution in [0.3, 0.4) is 0 Å². The third-order valence-corrected chi connectivity index (χ3v) is 7.32. The number of amidine groups is 1. The molecular formula is C30H28F3N7O3S. The van der Waals surface area contributed by atoms with E-state index in [4.69, 9.17) is 0 Å². The second-order valence-electron chi connectivity index (χ2n) is 10.1. The molecule has 0 aliphatic carbocycles. The SMILES string of the molecule is Cc1ccc(C(C)C)c(N2C(=O)CSC2=NC(O)Nc2ccc(/C=C/c3ncn(-c4ccc(OC(F)(F)F)cc4)n3)cn2)c1. The number of anilines is 2. The minimum Gasteiger partial charge on any atom is -0.406 e. The van der Waals surface area contributed by atoms with Crippen molar-refractivity contribution in [2.24, 2.45) is 4.99 Å². The van der Waals surface area contributed by atoms with Crippen molar-refractivity contribution >= 4 is 46.5 Å². The van der Waals surface area contributed by atoms with E-state index < -0.39 is 12.7 Å². The molecule has 14 heteroatoms. The smallest absolute Gasteiger partial charge is 0.406 e. The third kappa shape index (κ3) is 7.63. The Bertz CT molecular complexity index is 1690. The number of nitrogens with one attached hydrogen (secondary N) is 1. The van der Waals surface area contributed by atoms with Crippen molar-refractivity contribution < 1.29 is 27.8 Å². The first-order valence-corrected chi connectivity index (χ1v) is 14.4. The van der Waals surface area contributed by atoms with Crippen molar-refractivity contribution in [2.45, 2.75) is 39.4 Å². The van der Waals surface area contributed by atoms with Crippen molar-refractivity contribution in [3.63, 3.8) is 0 Å². The van der Waals surface area contributed by atoms with E-state index in [-0.39, 0.29) is 23.3 Å². The van der Waals surface area contributed by atoms with Crippen molar-refractivity contribution in [3.05, 3.63) is 89.6 Å². The van der Waals surface area contributed by atoms with Gasteiger partial charge in [-0.15, -0.1) is 18.3 Å². The van der Waals surface area contributed by atoms with Crippen molar-refractivity contribution in [1.82, 2.24) is 19.7 Å². The Hall–Kier alpha value is -4.69. The molecule has 4 aromatic rings. The van der Waals surface area contributed by atoms with Crippen LogP contribution in [0.25, 0.3) is 17.8 Å². The zero-order chi connectivity index (χ0) is 31.4. The molecule has 0 bridgehead atoms. The number of nitrogens with zero attached hydrogens (tertiary/aromatic N) is 6. The van der Waals surface area contributed by atoms with Crippen LogP contribution >= 0.6 is 11.8 Å². The summed E-state index contributed by atoms with van der Waals surface area (Å²) in [5.41, 5.74) is 4.03. The first-order chi connectivity index (χ1) is 20.9. The predicted molar refractivity (Wildman–Crippen MR) is 163 cm³/mol. The van der Waals surface area contributed by atoms with Crippen LogP contribution in [-0.4, -0.2) is 54.4 Å². The molecule has 1 atom stereocenters. The zero-order valence-corrected chi connectivity index (χ0v) is 24.7. The molecule has 0 saturated carbocycles. The number of carbonyl (C=O) groups is 1. The van der Waals surface area contributed by atoms with E-state index in [2.05, 4.69) is 44.0 Å². The van der Waals surface area contributed by atoms with E-state index in [9.17, 15) is 23.1 Å². The molecule has 1 saturated heterocycles. The molecule has 228 valence electrons. The minimum atomic E-state index is -4.76. The summed E-state index contributed by atoms with van der Waals surface area (Å²) >= 11 is 1.26. The largest absolute Gasteiger partial charge is 0.573 e. The number of benzene rings is 2. The Balaban J connectivity index is 1.22. The number of aliphatic hydroxyl groups excluding tert-OH is 1. The highest BCUT2D eigenvalue weighted by molar-refractivity contribution is 8.15. The highest BCUT2D eigenvalue weighted by Crippen LogP contribution is 2.34. The molecule has 5 rings (SSSR count). The number of rotatable bonds is 9.